The van der Waals surface area contributed by atoms with Gasteiger partial charge >= 0.3 is 10.7 Å². The van der Waals surface area contributed by atoms with E-state index in [1.54, 1.807) is 0 Å². The largest absolute Gasteiger partial charge is 0.343 e. The number of hydrogen-bond acceptors (Lipinski definition) is 2. The number of imide groups is 1. The summed E-state index contributed by atoms with van der Waals surface area (Å²) in [6.07, 6.45) is 0. The van der Waals surface area contributed by atoms with Gasteiger partial charge in [0.05, 0.1) is 0 Å². The third-order valence-electron chi connectivity index (χ3n) is 0.176. The molecule has 2 amide bonds. The lowest BCUT2D eigenvalue weighted by Crippen LogP contribution is -2.08. The first kappa shape index (κ1) is 6.72. The standard InChI is InChI=1S/C2Cl2NO2/c3-1(6)5-2(4)7. The van der Waals surface area contributed by atoms with E-state index in [4.69, 9.17) is 0 Å². The third kappa shape index (κ3) is 5.72. The van der Waals surface area contributed by atoms with E-state index in [0.29, 0.717) is 0 Å². The van der Waals surface area contributed by atoms with Gasteiger partial charge in [-0.15, -0.1) is 5.32 Å². The van der Waals surface area contributed by atoms with Gasteiger partial charge < -0.3 is 0 Å². The molecule has 3 nitrogen and oxygen atoms in total. The van der Waals surface area contributed by atoms with E-state index in [1.165, 1.54) is 0 Å². The van der Waals surface area contributed by atoms with Crippen LogP contribution in [0.2, 0.25) is 0 Å². The van der Waals surface area contributed by atoms with Crippen molar-refractivity contribution in [2.75, 3.05) is 0 Å². The molecule has 0 aliphatic carbocycles. The fraction of sp³-hybridized carbons (Fsp3) is 0. The zero-order valence-corrected chi connectivity index (χ0v) is 4.53. The van der Waals surface area contributed by atoms with Crippen molar-refractivity contribution >= 4 is 33.9 Å². The van der Waals surface area contributed by atoms with Crippen molar-refractivity contribution in [3.8, 4) is 0 Å². The van der Waals surface area contributed by atoms with Crippen molar-refractivity contribution in [3.05, 3.63) is 0 Å². The molecule has 0 aliphatic rings. The summed E-state index contributed by atoms with van der Waals surface area (Å²) in [5, 5.41) is 0.336. The summed E-state index contributed by atoms with van der Waals surface area (Å²) in [7, 11) is 0. The highest BCUT2D eigenvalue weighted by atomic mass is 35.5. The quantitative estimate of drug-likeness (QED) is 0.377. The Bertz CT molecular complexity index is 89.9. The van der Waals surface area contributed by atoms with Crippen LogP contribution in [0.15, 0.2) is 0 Å². The van der Waals surface area contributed by atoms with Crippen molar-refractivity contribution in [2.24, 2.45) is 0 Å². The average Bonchev–Trinajstić information content (AvgIpc) is 1.27. The van der Waals surface area contributed by atoms with E-state index in [2.05, 4.69) is 28.5 Å². The average molecular weight is 141 g/mol. The van der Waals surface area contributed by atoms with Gasteiger partial charge in [0.1, 0.15) is 0 Å². The van der Waals surface area contributed by atoms with Gasteiger partial charge in [0.15, 0.2) is 0 Å². The van der Waals surface area contributed by atoms with Crippen LogP contribution in [-0.4, -0.2) is 10.7 Å². The van der Waals surface area contributed by atoms with Gasteiger partial charge in [-0.3, -0.25) is 9.59 Å². The number of hydrogen-bond donors (Lipinski definition) is 0. The predicted octanol–water partition coefficient (Wildman–Crippen LogP) is 1.31. The topological polar surface area (TPSA) is 48.2 Å². The van der Waals surface area contributed by atoms with Crippen molar-refractivity contribution in [2.45, 2.75) is 0 Å². The second-order valence-electron chi connectivity index (χ2n) is 0.618. The van der Waals surface area contributed by atoms with E-state index in [-0.39, 0.29) is 0 Å². The van der Waals surface area contributed by atoms with E-state index < -0.39 is 10.7 Å². The summed E-state index contributed by atoms with van der Waals surface area (Å²) < 4.78 is 0. The smallest absolute Gasteiger partial charge is 0.253 e. The fourth-order valence-corrected chi connectivity index (χ4v) is 0.266. The molecule has 5 heteroatoms. The minimum Gasteiger partial charge on any atom is -0.253 e. The summed E-state index contributed by atoms with van der Waals surface area (Å²) in [6, 6.07) is 0. The number of carbonyl (C=O) groups excluding carboxylic acids is 2. The molecule has 0 atom stereocenters. The molecule has 0 spiro atoms. The molecule has 0 aromatic heterocycles. The molecule has 0 aliphatic heterocycles. The SMILES string of the molecule is O=C(Cl)[N]C(=O)Cl. The van der Waals surface area contributed by atoms with Crippen LogP contribution in [0.3, 0.4) is 0 Å². The van der Waals surface area contributed by atoms with E-state index >= 15 is 0 Å². The van der Waals surface area contributed by atoms with Crippen LogP contribution in [0.4, 0.5) is 9.59 Å². The van der Waals surface area contributed by atoms with Gasteiger partial charge in [-0.2, -0.15) is 0 Å². The second-order valence-corrected chi connectivity index (χ2v) is 1.26. The summed E-state index contributed by atoms with van der Waals surface area (Å²) in [4.78, 5) is 19.1. The maximum absolute atomic E-state index is 9.55. The molecule has 0 bridgehead atoms. The molecule has 0 saturated carbocycles. The number of halogens is 2. The van der Waals surface area contributed by atoms with Gasteiger partial charge in [-0.1, -0.05) is 0 Å². The lowest BCUT2D eigenvalue weighted by Gasteiger charge is -1.78. The van der Waals surface area contributed by atoms with E-state index in [1.807, 2.05) is 0 Å². The Morgan fingerprint density at radius 1 is 1.14 bits per heavy atom. The van der Waals surface area contributed by atoms with Crippen LogP contribution >= 0.6 is 23.2 Å². The maximum Gasteiger partial charge on any atom is 0.343 e. The molecule has 7 heavy (non-hydrogen) atoms. The molecule has 0 heterocycles. The van der Waals surface area contributed by atoms with Crippen molar-refractivity contribution < 1.29 is 9.59 Å². The van der Waals surface area contributed by atoms with Gasteiger partial charge in [-0.05, 0) is 23.2 Å². The summed E-state index contributed by atoms with van der Waals surface area (Å²) in [5.74, 6) is 0. The van der Waals surface area contributed by atoms with Crippen LogP contribution in [0.1, 0.15) is 0 Å². The maximum atomic E-state index is 9.55. The molecule has 1 radical (unpaired) electrons. The van der Waals surface area contributed by atoms with Gasteiger partial charge in [0, 0.05) is 0 Å². The van der Waals surface area contributed by atoms with Gasteiger partial charge in [0.25, 0.3) is 0 Å². The van der Waals surface area contributed by atoms with Crippen LogP contribution in [-0.2, 0) is 0 Å². The zero-order valence-electron chi connectivity index (χ0n) is 3.02. The summed E-state index contributed by atoms with van der Waals surface area (Å²) in [6.45, 7) is 0. The minimum atomic E-state index is -1.10. The van der Waals surface area contributed by atoms with Crippen LogP contribution in [0.25, 0.3) is 0 Å². The van der Waals surface area contributed by atoms with Crippen molar-refractivity contribution in [1.29, 1.82) is 0 Å². The molecule has 0 aromatic rings. The van der Waals surface area contributed by atoms with Gasteiger partial charge in [0.2, 0.25) is 0 Å². The highest BCUT2D eigenvalue weighted by Gasteiger charge is 2.00. The van der Waals surface area contributed by atoms with Crippen molar-refractivity contribution in [1.82, 2.24) is 5.32 Å². The Morgan fingerprint density at radius 2 is 1.43 bits per heavy atom. The molecule has 0 saturated heterocycles. The first-order valence-corrected chi connectivity index (χ1v) is 1.99. The lowest BCUT2D eigenvalue weighted by atomic mass is 11.2. The number of amides is 2. The molecule has 39 valence electrons. The number of carbonyl (C=O) groups is 2. The summed E-state index contributed by atoms with van der Waals surface area (Å²) >= 11 is 9.12. The zero-order chi connectivity index (χ0) is 5.86. The number of rotatable bonds is 0. The Kier molecular flexibility index (Phi) is 2.71. The Morgan fingerprint density at radius 3 is 1.43 bits per heavy atom. The summed E-state index contributed by atoms with van der Waals surface area (Å²) in [5.41, 5.74) is 0. The Labute approximate surface area is 49.6 Å². The minimum absolute atomic E-state index is 1.10. The van der Waals surface area contributed by atoms with E-state index in [0.717, 1.165) is 0 Å². The van der Waals surface area contributed by atoms with Crippen LogP contribution < -0.4 is 5.32 Å². The van der Waals surface area contributed by atoms with Crippen LogP contribution in [0, 0.1) is 0 Å². The van der Waals surface area contributed by atoms with E-state index in [9.17, 15) is 9.59 Å². The molecule has 0 unspecified atom stereocenters. The highest BCUT2D eigenvalue weighted by molar-refractivity contribution is 6.70. The second kappa shape index (κ2) is 2.82. The van der Waals surface area contributed by atoms with Crippen LogP contribution in [0.5, 0.6) is 0 Å². The Balaban J connectivity index is 3.32. The molecule has 0 fully saturated rings. The van der Waals surface area contributed by atoms with Gasteiger partial charge in [-0.25, -0.2) is 0 Å². The molecule has 0 N–H and O–H groups in total. The lowest BCUT2D eigenvalue weighted by molar-refractivity contribution is 0.248. The fourth-order valence-electron chi connectivity index (χ4n) is 0.0691. The monoisotopic (exact) mass is 140 g/mol. The molecule has 0 rings (SSSR count). The predicted molar refractivity (Wildman–Crippen MR) is 24.6 cm³/mol. The first-order chi connectivity index (χ1) is 3.13. The molecular weight excluding hydrogens is 141 g/mol. The number of nitrogens with zero attached hydrogens (tertiary/aromatic N) is 1. The first-order valence-electron chi connectivity index (χ1n) is 1.23. The normalized spacial score (nSPS) is 7.71. The third-order valence-corrected chi connectivity index (χ3v) is 0.345. The molecule has 0 aromatic carbocycles. The Hall–Kier alpha value is -0.280. The highest BCUT2D eigenvalue weighted by Crippen LogP contribution is 1.84. The molecular formula is C2Cl2NO2. The van der Waals surface area contributed by atoms with Crippen molar-refractivity contribution in [3.63, 3.8) is 0 Å².